The van der Waals surface area contributed by atoms with Crippen LogP contribution in [0.25, 0.3) is 0 Å². The molecule has 0 bridgehead atoms. The maximum atomic E-state index is 12.5. The van der Waals surface area contributed by atoms with Crippen LogP contribution in [0.15, 0.2) is 30.3 Å². The Morgan fingerprint density at radius 2 is 1.79 bits per heavy atom. The molecule has 0 aliphatic carbocycles. The summed E-state index contributed by atoms with van der Waals surface area (Å²) in [6, 6.07) is 7.71. The summed E-state index contributed by atoms with van der Waals surface area (Å²) in [6.07, 6.45) is -1.39. The average Bonchev–Trinajstić information content (AvgIpc) is 2.62. The summed E-state index contributed by atoms with van der Waals surface area (Å²) in [5.41, 5.74) is -0.293. The molecule has 0 aromatic heterocycles. The van der Waals surface area contributed by atoms with Gasteiger partial charge in [0, 0.05) is 12.6 Å². The summed E-state index contributed by atoms with van der Waals surface area (Å²) < 4.78 is 22.1. The lowest BCUT2D eigenvalue weighted by molar-refractivity contribution is 0.120. The second-order valence-corrected chi connectivity index (χ2v) is 8.42. The van der Waals surface area contributed by atoms with E-state index in [9.17, 15) is 24.2 Å². The normalized spacial score (nSPS) is 14.4. The van der Waals surface area contributed by atoms with Gasteiger partial charge in [-0.05, 0) is 33.3 Å². The lowest BCUT2D eigenvalue weighted by Gasteiger charge is -2.31. The van der Waals surface area contributed by atoms with Crippen molar-refractivity contribution in [2.24, 2.45) is 0 Å². The Balaban J connectivity index is 2.71. The van der Waals surface area contributed by atoms with Crippen LogP contribution in [0.5, 0.6) is 0 Å². The number of aliphatic hydroxyl groups is 1. The van der Waals surface area contributed by atoms with E-state index in [4.69, 9.17) is 9.26 Å². The number of ether oxygens (including phenoxy) is 1. The first-order chi connectivity index (χ1) is 13.1. The van der Waals surface area contributed by atoms with Gasteiger partial charge in [-0.2, -0.15) is 0 Å². The molecule has 0 spiro atoms. The van der Waals surface area contributed by atoms with Gasteiger partial charge >= 0.3 is 19.3 Å². The minimum Gasteiger partial charge on any atom is -0.445 e. The first kappa shape index (κ1) is 24.1. The number of rotatable bonds is 10. The Bertz CT molecular complexity index is 682. The molecule has 0 aliphatic rings. The van der Waals surface area contributed by atoms with Crippen molar-refractivity contribution in [3.63, 3.8) is 0 Å². The molecule has 28 heavy (non-hydrogen) atoms. The molecule has 1 unspecified atom stereocenters. The van der Waals surface area contributed by atoms with E-state index in [1.807, 2.05) is 18.2 Å². The summed E-state index contributed by atoms with van der Waals surface area (Å²) in [5, 5.41) is 12.0. The standard InChI is InChI=1S/C18H29N2O7P/c1-13(2)20(18(23)28(24,25)27-14(3)4)10-16(11-21)19-17(22)26-12-15-8-6-5-7-9-15/h5-9,13-14,16,21H,10-12H2,1-4H3,(H,19,22)(H,24,25)/t16-/m0/s1. The van der Waals surface area contributed by atoms with Crippen LogP contribution >= 0.6 is 7.60 Å². The molecular weight excluding hydrogens is 387 g/mol. The molecule has 0 radical (unpaired) electrons. The first-order valence-electron chi connectivity index (χ1n) is 8.97. The minimum atomic E-state index is -4.54. The largest absolute Gasteiger partial charge is 0.445 e. The Labute approximate surface area is 165 Å². The van der Waals surface area contributed by atoms with Crippen LogP contribution in [-0.2, 0) is 20.4 Å². The molecule has 1 aromatic rings. The molecule has 0 saturated carbocycles. The Morgan fingerprint density at radius 1 is 1.18 bits per heavy atom. The third kappa shape index (κ3) is 7.98. The molecule has 3 N–H and O–H groups in total. The van der Waals surface area contributed by atoms with E-state index in [0.29, 0.717) is 0 Å². The SMILES string of the molecule is CC(C)OP(=O)(O)C(=O)N(C[C@@H](CO)NC(=O)OCc1ccccc1)C(C)C. The van der Waals surface area contributed by atoms with E-state index in [-0.39, 0.29) is 13.2 Å². The fourth-order valence-corrected chi connectivity index (χ4v) is 3.62. The van der Waals surface area contributed by atoms with Crippen molar-refractivity contribution in [1.29, 1.82) is 0 Å². The number of alkyl carbamates (subject to hydrolysis) is 1. The van der Waals surface area contributed by atoms with Crippen LogP contribution in [0, 0.1) is 0 Å². The summed E-state index contributed by atoms with van der Waals surface area (Å²) in [6.45, 7) is 5.75. The molecule has 158 valence electrons. The summed E-state index contributed by atoms with van der Waals surface area (Å²) in [4.78, 5) is 35.4. The molecule has 0 heterocycles. The lowest BCUT2D eigenvalue weighted by atomic mass is 10.2. The summed E-state index contributed by atoms with van der Waals surface area (Å²) >= 11 is 0. The van der Waals surface area contributed by atoms with Gasteiger partial charge in [-0.1, -0.05) is 30.3 Å². The van der Waals surface area contributed by atoms with Crippen molar-refractivity contribution >= 4 is 19.3 Å². The van der Waals surface area contributed by atoms with Gasteiger partial charge in [0.25, 0.3) is 0 Å². The van der Waals surface area contributed by atoms with Crippen LogP contribution in [0.4, 0.5) is 9.59 Å². The number of nitrogens with one attached hydrogen (secondary N) is 1. The monoisotopic (exact) mass is 416 g/mol. The molecule has 2 amide bonds. The van der Waals surface area contributed by atoms with Crippen molar-refractivity contribution in [1.82, 2.24) is 10.2 Å². The number of nitrogens with zero attached hydrogens (tertiary/aromatic N) is 1. The van der Waals surface area contributed by atoms with E-state index in [0.717, 1.165) is 10.5 Å². The van der Waals surface area contributed by atoms with Gasteiger partial charge in [-0.15, -0.1) is 0 Å². The van der Waals surface area contributed by atoms with Crippen LogP contribution < -0.4 is 5.32 Å². The van der Waals surface area contributed by atoms with Crippen LogP contribution in [-0.4, -0.2) is 58.0 Å². The van der Waals surface area contributed by atoms with Gasteiger partial charge in [-0.25, -0.2) is 9.36 Å². The van der Waals surface area contributed by atoms with E-state index in [1.165, 1.54) is 13.8 Å². The highest BCUT2D eigenvalue weighted by atomic mass is 31.2. The van der Waals surface area contributed by atoms with Crippen LogP contribution in [0.2, 0.25) is 0 Å². The van der Waals surface area contributed by atoms with Crippen LogP contribution in [0.1, 0.15) is 33.3 Å². The third-order valence-electron chi connectivity index (χ3n) is 3.64. The minimum absolute atomic E-state index is 0.0473. The van der Waals surface area contributed by atoms with E-state index < -0.39 is 44.1 Å². The maximum Gasteiger partial charge on any atom is 0.416 e. The van der Waals surface area contributed by atoms with E-state index in [2.05, 4.69) is 5.32 Å². The van der Waals surface area contributed by atoms with Gasteiger partial charge in [-0.3, -0.25) is 9.32 Å². The molecule has 0 fully saturated rings. The Kier molecular flexibility index (Phi) is 9.61. The number of hydrogen-bond acceptors (Lipinski definition) is 6. The van der Waals surface area contributed by atoms with E-state index in [1.54, 1.807) is 26.0 Å². The molecule has 9 nitrogen and oxygen atoms in total. The lowest BCUT2D eigenvalue weighted by Crippen LogP contribution is -2.49. The maximum absolute atomic E-state index is 12.5. The number of amides is 2. The zero-order chi connectivity index (χ0) is 21.3. The molecule has 0 saturated heterocycles. The highest BCUT2D eigenvalue weighted by Gasteiger charge is 2.38. The molecule has 2 atom stereocenters. The predicted octanol–water partition coefficient (Wildman–Crippen LogP) is 2.71. The van der Waals surface area contributed by atoms with Gasteiger partial charge in [0.1, 0.15) is 6.61 Å². The molecule has 1 aromatic carbocycles. The predicted molar refractivity (Wildman–Crippen MR) is 104 cm³/mol. The Morgan fingerprint density at radius 3 is 2.29 bits per heavy atom. The fourth-order valence-electron chi connectivity index (χ4n) is 2.32. The average molecular weight is 416 g/mol. The van der Waals surface area contributed by atoms with Gasteiger partial charge < -0.3 is 25.0 Å². The molecular formula is C18H29N2O7P. The van der Waals surface area contributed by atoms with Crippen molar-refractivity contribution in [2.75, 3.05) is 13.2 Å². The summed E-state index contributed by atoms with van der Waals surface area (Å²) in [7, 11) is -4.54. The molecule has 0 aliphatic heterocycles. The highest BCUT2D eigenvalue weighted by molar-refractivity contribution is 7.70. The van der Waals surface area contributed by atoms with Gasteiger partial charge in [0.05, 0.1) is 18.8 Å². The summed E-state index contributed by atoms with van der Waals surface area (Å²) in [5.74, 6) is 0. The fraction of sp³-hybridized carbons (Fsp3) is 0.556. The number of carbonyl (C=O) groups excluding carboxylic acids is 2. The number of aliphatic hydroxyl groups excluding tert-OH is 1. The quantitative estimate of drug-likeness (QED) is 0.501. The van der Waals surface area contributed by atoms with Crippen molar-refractivity contribution in [3.8, 4) is 0 Å². The number of hydrogen-bond donors (Lipinski definition) is 3. The van der Waals surface area contributed by atoms with Crippen molar-refractivity contribution in [2.45, 2.75) is 52.5 Å². The van der Waals surface area contributed by atoms with Crippen LogP contribution in [0.3, 0.4) is 0 Å². The smallest absolute Gasteiger partial charge is 0.416 e. The molecule has 10 heteroatoms. The van der Waals surface area contributed by atoms with Crippen molar-refractivity contribution in [3.05, 3.63) is 35.9 Å². The molecule has 1 rings (SSSR count). The highest BCUT2D eigenvalue weighted by Crippen LogP contribution is 2.46. The topological polar surface area (TPSA) is 125 Å². The number of carbonyl (C=O) groups is 2. The zero-order valence-electron chi connectivity index (χ0n) is 16.6. The van der Waals surface area contributed by atoms with Gasteiger partial charge in [0.2, 0.25) is 0 Å². The first-order valence-corrected chi connectivity index (χ1v) is 10.5. The Hall–Kier alpha value is -1.93. The van der Waals surface area contributed by atoms with Gasteiger partial charge in [0.15, 0.2) is 0 Å². The number of benzene rings is 1. The second-order valence-electron chi connectivity index (χ2n) is 6.79. The zero-order valence-corrected chi connectivity index (χ0v) is 17.5. The third-order valence-corrected chi connectivity index (χ3v) is 5.08. The second kappa shape index (κ2) is 11.2. The van der Waals surface area contributed by atoms with Crippen molar-refractivity contribution < 1.29 is 33.4 Å². The van der Waals surface area contributed by atoms with E-state index >= 15 is 0 Å².